The lowest BCUT2D eigenvalue weighted by atomic mass is 9.90. The van der Waals surface area contributed by atoms with Gasteiger partial charge in [0.2, 0.25) is 16.9 Å². The van der Waals surface area contributed by atoms with Crippen LogP contribution in [0, 0.1) is 0 Å². The Labute approximate surface area is 186 Å². The molecule has 0 saturated carbocycles. The molecule has 2 aliphatic rings. The Hall–Kier alpha value is -3.99. The van der Waals surface area contributed by atoms with Gasteiger partial charge in [-0.25, -0.2) is 0 Å². The highest BCUT2D eigenvalue weighted by atomic mass is 16.4. The first-order chi connectivity index (χ1) is 15.6. The minimum absolute atomic E-state index is 0.00339. The van der Waals surface area contributed by atoms with Gasteiger partial charge in [-0.05, 0) is 40.6 Å². The maximum absolute atomic E-state index is 12.0. The molecule has 5 nitrogen and oxygen atoms in total. The number of hydrogen-bond donors (Lipinski definition) is 3. The maximum atomic E-state index is 12.0. The standard InChI is InChI=1S/C23H14O5.2C2H6/c24-17-10-8-15-19(14-7-3-5-12-4-1-2-6-13(12)14)16-9-11-18(25)21(27)23(16)28-22(15)20(17)26;2*1-2/h1-11,24,26-27H;2*1-2H3. The van der Waals surface area contributed by atoms with Crippen molar-refractivity contribution in [1.29, 1.82) is 0 Å². The van der Waals surface area contributed by atoms with E-state index in [0.717, 1.165) is 16.3 Å². The van der Waals surface area contributed by atoms with E-state index in [9.17, 15) is 20.1 Å². The van der Waals surface area contributed by atoms with E-state index in [4.69, 9.17) is 4.42 Å². The van der Waals surface area contributed by atoms with Crippen LogP contribution in [0.5, 0.6) is 17.2 Å². The second kappa shape index (κ2) is 9.43. The van der Waals surface area contributed by atoms with Crippen molar-refractivity contribution in [2.75, 3.05) is 0 Å². The average Bonchev–Trinajstić information content (AvgIpc) is 2.85. The normalized spacial score (nSPS) is 10.4. The summed E-state index contributed by atoms with van der Waals surface area (Å²) in [6, 6.07) is 19.6. The van der Waals surface area contributed by atoms with E-state index in [2.05, 4.69) is 0 Å². The third-order valence-corrected chi connectivity index (χ3v) is 5.01. The van der Waals surface area contributed by atoms with E-state index in [1.165, 1.54) is 12.1 Å². The van der Waals surface area contributed by atoms with Crippen molar-refractivity contribution in [3.8, 4) is 39.7 Å². The molecule has 0 radical (unpaired) electrons. The largest absolute Gasteiger partial charge is 0.504 e. The average molecular weight is 431 g/mol. The predicted molar refractivity (Wildman–Crippen MR) is 130 cm³/mol. The van der Waals surface area contributed by atoms with Crippen molar-refractivity contribution in [2.24, 2.45) is 0 Å². The van der Waals surface area contributed by atoms with Crippen molar-refractivity contribution < 1.29 is 19.7 Å². The number of fused-ring (bicyclic) bond motifs is 3. The highest BCUT2D eigenvalue weighted by molar-refractivity contribution is 6.10. The Morgan fingerprint density at radius 1 is 0.656 bits per heavy atom. The lowest BCUT2D eigenvalue weighted by Gasteiger charge is -2.18. The minimum atomic E-state index is -0.584. The van der Waals surface area contributed by atoms with Crippen LogP contribution in [0.4, 0.5) is 0 Å². The molecule has 32 heavy (non-hydrogen) atoms. The second-order valence-electron chi connectivity index (χ2n) is 6.60. The van der Waals surface area contributed by atoms with Crippen LogP contribution in [0.2, 0.25) is 0 Å². The minimum Gasteiger partial charge on any atom is -0.504 e. The van der Waals surface area contributed by atoms with Crippen LogP contribution in [0.15, 0.2) is 75.9 Å². The summed E-state index contributed by atoms with van der Waals surface area (Å²) in [5.41, 5.74) is 1.49. The Balaban J connectivity index is 0.000000686. The molecule has 0 saturated heterocycles. The van der Waals surface area contributed by atoms with Crippen LogP contribution < -0.4 is 5.43 Å². The van der Waals surface area contributed by atoms with E-state index in [1.54, 1.807) is 12.1 Å². The molecule has 5 rings (SSSR count). The zero-order valence-electron chi connectivity index (χ0n) is 18.5. The highest BCUT2D eigenvalue weighted by Gasteiger charge is 2.24. The van der Waals surface area contributed by atoms with Gasteiger partial charge in [0, 0.05) is 16.5 Å². The summed E-state index contributed by atoms with van der Waals surface area (Å²) >= 11 is 0. The molecule has 3 aromatic carbocycles. The van der Waals surface area contributed by atoms with Crippen LogP contribution in [0.3, 0.4) is 0 Å². The molecule has 0 atom stereocenters. The first kappa shape index (κ1) is 22.7. The van der Waals surface area contributed by atoms with Crippen LogP contribution in [-0.2, 0) is 0 Å². The molecule has 164 valence electrons. The summed E-state index contributed by atoms with van der Waals surface area (Å²) in [7, 11) is 0. The van der Waals surface area contributed by atoms with Crippen LogP contribution >= 0.6 is 0 Å². The fraction of sp³-hybridized carbons (Fsp3) is 0.148. The smallest absolute Gasteiger partial charge is 0.224 e. The number of rotatable bonds is 1. The van der Waals surface area contributed by atoms with Crippen LogP contribution in [0.25, 0.3) is 44.2 Å². The first-order valence-corrected chi connectivity index (χ1v) is 10.7. The van der Waals surface area contributed by atoms with Crippen LogP contribution in [-0.4, -0.2) is 15.3 Å². The summed E-state index contributed by atoms with van der Waals surface area (Å²) in [4.78, 5) is 12.0. The number of phenolic OH excluding ortho intramolecular Hbond substituents is 3. The Morgan fingerprint density at radius 2 is 1.34 bits per heavy atom. The topological polar surface area (TPSA) is 90.9 Å². The molecule has 0 fully saturated rings. The zero-order valence-corrected chi connectivity index (χ0v) is 18.5. The van der Waals surface area contributed by atoms with Gasteiger partial charge < -0.3 is 19.7 Å². The third kappa shape index (κ3) is 3.62. The van der Waals surface area contributed by atoms with Crippen molar-refractivity contribution in [3.63, 3.8) is 0 Å². The van der Waals surface area contributed by atoms with Gasteiger partial charge in [0.15, 0.2) is 17.1 Å². The molecule has 0 aromatic heterocycles. The molecule has 0 bridgehead atoms. The third-order valence-electron chi connectivity index (χ3n) is 5.01. The summed E-state index contributed by atoms with van der Waals surface area (Å²) in [6.45, 7) is 8.00. The number of benzene rings is 4. The molecule has 3 N–H and O–H groups in total. The highest BCUT2D eigenvalue weighted by Crippen LogP contribution is 2.47. The summed E-state index contributed by atoms with van der Waals surface area (Å²) in [6.07, 6.45) is 0. The van der Waals surface area contributed by atoms with Crippen molar-refractivity contribution >= 4 is 21.7 Å². The summed E-state index contributed by atoms with van der Waals surface area (Å²) in [5.74, 6) is -1.37. The van der Waals surface area contributed by atoms with Gasteiger partial charge >= 0.3 is 0 Å². The molecule has 1 aliphatic heterocycles. The van der Waals surface area contributed by atoms with E-state index in [-0.39, 0.29) is 17.1 Å². The van der Waals surface area contributed by atoms with Gasteiger partial charge in [0.1, 0.15) is 0 Å². The first-order valence-electron chi connectivity index (χ1n) is 10.7. The van der Waals surface area contributed by atoms with E-state index < -0.39 is 16.9 Å². The molecule has 3 aromatic rings. The lowest BCUT2D eigenvalue weighted by Crippen LogP contribution is -2.02. The van der Waals surface area contributed by atoms with E-state index >= 15 is 0 Å². The molecular weight excluding hydrogens is 404 g/mol. The van der Waals surface area contributed by atoms with E-state index in [1.807, 2.05) is 70.2 Å². The number of aromatic hydroxyl groups is 3. The monoisotopic (exact) mass is 430 g/mol. The van der Waals surface area contributed by atoms with E-state index in [0.29, 0.717) is 16.5 Å². The summed E-state index contributed by atoms with van der Waals surface area (Å²) in [5, 5.41) is 33.1. The van der Waals surface area contributed by atoms with Crippen molar-refractivity contribution in [1.82, 2.24) is 0 Å². The van der Waals surface area contributed by atoms with Gasteiger partial charge in [-0.2, -0.15) is 0 Å². The second-order valence-corrected chi connectivity index (χ2v) is 6.60. The zero-order chi connectivity index (χ0) is 23.4. The van der Waals surface area contributed by atoms with Crippen LogP contribution in [0.1, 0.15) is 27.7 Å². The molecule has 0 spiro atoms. The fourth-order valence-electron chi connectivity index (χ4n) is 3.69. The van der Waals surface area contributed by atoms with Gasteiger partial charge in [0.25, 0.3) is 0 Å². The van der Waals surface area contributed by atoms with Gasteiger partial charge in [-0.1, -0.05) is 70.2 Å². The number of phenols is 3. The number of hydrogen-bond acceptors (Lipinski definition) is 5. The van der Waals surface area contributed by atoms with Crippen molar-refractivity contribution in [2.45, 2.75) is 27.7 Å². The lowest BCUT2D eigenvalue weighted by molar-refractivity contribution is 0.398. The van der Waals surface area contributed by atoms with Gasteiger partial charge in [0.05, 0.1) is 0 Å². The predicted octanol–water partition coefficient (Wildman–Crippen LogP) is 6.89. The fourth-order valence-corrected chi connectivity index (χ4v) is 3.69. The van der Waals surface area contributed by atoms with Gasteiger partial charge in [-0.15, -0.1) is 0 Å². The van der Waals surface area contributed by atoms with Crippen molar-refractivity contribution in [3.05, 3.63) is 77.0 Å². The quantitative estimate of drug-likeness (QED) is 0.199. The molecule has 1 heterocycles. The SMILES string of the molecule is CC.CC.O=c1ccc2c(-c3cccc4ccccc34)c3ccc(O)c(O)c3oc-2c1O. The Bertz CT molecular complexity index is 1410. The molecule has 0 amide bonds. The maximum Gasteiger partial charge on any atom is 0.224 e. The molecular formula is C27H26O5. The molecule has 1 aliphatic carbocycles. The molecule has 0 unspecified atom stereocenters. The molecule has 5 heteroatoms. The summed E-state index contributed by atoms with van der Waals surface area (Å²) < 4.78 is 5.68. The Kier molecular flexibility index (Phi) is 6.69. The van der Waals surface area contributed by atoms with Gasteiger partial charge in [-0.3, -0.25) is 4.79 Å². The Morgan fingerprint density at radius 3 is 2.09 bits per heavy atom.